The first-order valence-electron chi connectivity index (χ1n) is 33.9. The maximum atomic E-state index is 12.6. The Morgan fingerprint density at radius 1 is 0.479 bits per heavy atom. The zero-order chi connectivity index (χ0) is 77.2. The lowest BCUT2D eigenvalue weighted by Crippen LogP contribution is -2.42. The van der Waals surface area contributed by atoms with E-state index in [0.29, 0.717) is 25.0 Å². The molecular formula is C69H136F16O11. The van der Waals surface area contributed by atoms with Gasteiger partial charge in [-0.3, -0.25) is 0 Å². The van der Waals surface area contributed by atoms with Gasteiger partial charge in [-0.2, -0.15) is 26.3 Å². The van der Waals surface area contributed by atoms with E-state index >= 15 is 0 Å². The second kappa shape index (κ2) is 58.9. The summed E-state index contributed by atoms with van der Waals surface area (Å²) in [5.41, 5.74) is -1.19. The molecule has 0 heterocycles. The third kappa shape index (κ3) is 98.8. The van der Waals surface area contributed by atoms with E-state index in [-0.39, 0.29) is 113 Å². The van der Waals surface area contributed by atoms with Gasteiger partial charge in [-0.05, 0) is 198 Å². The Morgan fingerprint density at radius 2 is 0.875 bits per heavy atom. The molecule has 96 heavy (non-hydrogen) atoms. The number of hydrogen-bond acceptors (Lipinski definition) is 11. The van der Waals surface area contributed by atoms with Gasteiger partial charge in [0.05, 0.1) is 118 Å². The first-order valence-corrected chi connectivity index (χ1v) is 33.9. The fourth-order valence-electron chi connectivity index (χ4n) is 6.15. The number of methoxy groups -OCH3 is 1. The van der Waals surface area contributed by atoms with Crippen molar-refractivity contribution in [1.29, 1.82) is 0 Å². The predicted molar refractivity (Wildman–Crippen MR) is 353 cm³/mol. The van der Waals surface area contributed by atoms with Crippen LogP contribution in [0.3, 0.4) is 0 Å². The first-order chi connectivity index (χ1) is 43.3. The van der Waals surface area contributed by atoms with Crippen molar-refractivity contribution in [1.82, 2.24) is 0 Å². The molecule has 0 aromatic carbocycles. The van der Waals surface area contributed by atoms with Crippen LogP contribution in [0.1, 0.15) is 245 Å². The van der Waals surface area contributed by atoms with E-state index in [9.17, 15) is 70.2 Å². The Labute approximate surface area is 570 Å². The summed E-state index contributed by atoms with van der Waals surface area (Å²) in [5.74, 6) is -7.13. The molecule has 0 N–H and O–H groups in total. The molecule has 11 nitrogen and oxygen atoms in total. The molecule has 0 aromatic heterocycles. The largest absolute Gasteiger partial charge is 0.414 e. The zero-order valence-electron chi connectivity index (χ0n) is 64.0. The van der Waals surface area contributed by atoms with E-state index in [1.165, 1.54) is 40.7 Å². The lowest BCUT2D eigenvalue weighted by molar-refractivity contribution is -0.223. The van der Waals surface area contributed by atoms with Gasteiger partial charge in [0, 0.05) is 59.4 Å². The molecule has 4 fully saturated rings. The average molecular weight is 1450 g/mol. The van der Waals surface area contributed by atoms with Gasteiger partial charge >= 0.3 is 12.4 Å². The van der Waals surface area contributed by atoms with Crippen LogP contribution in [0.2, 0.25) is 0 Å². The summed E-state index contributed by atoms with van der Waals surface area (Å²) in [5, 5.41) is 0. The molecule has 27 heteroatoms. The molecule has 4 atom stereocenters. The smallest absolute Gasteiger partial charge is 0.379 e. The quantitative estimate of drug-likeness (QED) is 0.0669. The summed E-state index contributed by atoms with van der Waals surface area (Å²) < 4.78 is 244. The van der Waals surface area contributed by atoms with Gasteiger partial charge in [0.2, 0.25) is 0 Å². The van der Waals surface area contributed by atoms with Crippen LogP contribution in [0.5, 0.6) is 0 Å². The van der Waals surface area contributed by atoms with Crippen molar-refractivity contribution in [2.24, 2.45) is 11.8 Å². The molecule has 0 spiro atoms. The molecule has 0 radical (unpaired) electrons. The van der Waals surface area contributed by atoms with Crippen molar-refractivity contribution in [3.63, 3.8) is 0 Å². The molecular weight excluding hydrogens is 1310 g/mol. The van der Waals surface area contributed by atoms with E-state index in [0.717, 1.165) is 39.4 Å². The van der Waals surface area contributed by atoms with Crippen molar-refractivity contribution in [3.8, 4) is 0 Å². The first kappa shape index (κ1) is 108. The van der Waals surface area contributed by atoms with E-state index in [1.807, 2.05) is 83.1 Å². The molecule has 4 aliphatic carbocycles. The fourth-order valence-corrected chi connectivity index (χ4v) is 6.15. The van der Waals surface area contributed by atoms with Crippen LogP contribution >= 0.6 is 0 Å². The van der Waals surface area contributed by atoms with Crippen molar-refractivity contribution in [3.05, 3.63) is 0 Å². The molecule has 4 saturated carbocycles. The molecule has 590 valence electrons. The number of alkyl halides is 16. The van der Waals surface area contributed by atoms with Crippen LogP contribution in [0.15, 0.2) is 0 Å². The average Bonchev–Trinajstić information content (AvgIpc) is 1.72. The maximum absolute atomic E-state index is 12.6. The minimum Gasteiger partial charge on any atom is -0.379 e. The molecule has 4 rings (SSSR count). The van der Waals surface area contributed by atoms with Crippen LogP contribution in [-0.2, 0) is 52.1 Å². The van der Waals surface area contributed by atoms with E-state index in [4.69, 9.17) is 42.6 Å². The van der Waals surface area contributed by atoms with Crippen molar-refractivity contribution in [2.75, 3.05) is 60.0 Å². The third-order valence-corrected chi connectivity index (χ3v) is 10.9. The van der Waals surface area contributed by atoms with E-state index < -0.39 is 79.9 Å². The second-order valence-corrected chi connectivity index (χ2v) is 27.3. The molecule has 0 aliphatic heterocycles. The van der Waals surface area contributed by atoms with Crippen molar-refractivity contribution < 1.29 is 122 Å². The zero-order valence-corrected chi connectivity index (χ0v) is 64.0. The Kier molecular flexibility index (Phi) is 66.2. The lowest BCUT2D eigenvalue weighted by Gasteiger charge is -2.35. The van der Waals surface area contributed by atoms with Crippen molar-refractivity contribution in [2.45, 2.75) is 378 Å². The number of halogens is 16. The number of ether oxygens (including phenoxy) is 11. The van der Waals surface area contributed by atoms with Crippen LogP contribution in [0.25, 0.3) is 0 Å². The highest BCUT2D eigenvalue weighted by molar-refractivity contribution is 4.94. The molecule has 0 bridgehead atoms. The van der Waals surface area contributed by atoms with Gasteiger partial charge in [-0.1, -0.05) is 6.92 Å². The number of hydrogen-bond donors (Lipinski definition) is 0. The molecule has 0 saturated heterocycles. The SMILES string of the molecule is CC(C)OC(C)C(F)(F)F.CC(C)OC(C)CF.CC(C)OC1CC(F)(F)C1.CC(C)OC1CC(F)C1.CC(C)OCC(C)(C)F.CC(C)OCC1CC1.CC(C)OCC1CC1(F)F.CC(C)OCCC(F)(F)F.CC(F)COC(C)C.CCCOC(C)C.COCC(C)(F)F. The molecule has 4 aliphatic rings. The third-order valence-electron chi connectivity index (χ3n) is 10.9. The standard InChI is InChI=1S/2C7H12F2O.C7H13FO.C7H15FO.C7H14O.2C6H11F3O.2C6H13FO.C6H14O.C4H8F2O/c1-5(2)10-4-6-3-7(6,8)9;1-5(2)10-6-3-7(8,9)4-6;1-5(2)9-7-3-6(8)4-7;1-6(2)9-5-7(3,4)8;1-6(2)8-5-7-3-4-7;1-5(2)10-4-3-6(7,8)9;1-4(2)10-5(3)6(7,8)9;1-5(2)8-4-6(3)7;1-5(2)8-6(3)4-7;1-4-5-7-6(2)3;1-4(5,6)3-7-2/h2*5-6H,3-4H2,1-2H3;5-7H,3-4H2,1-2H3;6H,5H2,1-4H3;6-7H,3-5H2,1-2H3;5H,3-4H2,1-2H3;4-5H,1-3H3;2*5-6H,4H2,1-3H3;6H,4-5H2,1-3H3;3H2,1-2H3. The predicted octanol–water partition coefficient (Wildman–Crippen LogP) is 21.5. The van der Waals surface area contributed by atoms with Crippen LogP contribution in [0.4, 0.5) is 70.2 Å². The Hall–Kier alpha value is -1.56. The highest BCUT2D eigenvalue weighted by atomic mass is 19.4. The van der Waals surface area contributed by atoms with Crippen molar-refractivity contribution >= 4 is 0 Å². The maximum Gasteiger partial charge on any atom is 0.414 e. The fraction of sp³-hybridized carbons (Fsp3) is 1.00. The highest BCUT2D eigenvalue weighted by Crippen LogP contribution is 2.48. The summed E-state index contributed by atoms with van der Waals surface area (Å²) >= 11 is 0. The summed E-state index contributed by atoms with van der Waals surface area (Å²) in [7, 11) is 1.25. The molecule has 0 aromatic rings. The second-order valence-electron chi connectivity index (χ2n) is 27.3. The lowest BCUT2D eigenvalue weighted by atomic mass is 9.91. The Morgan fingerprint density at radius 3 is 1.08 bits per heavy atom. The summed E-state index contributed by atoms with van der Waals surface area (Å²) in [6.45, 7) is 49.1. The van der Waals surface area contributed by atoms with Crippen LogP contribution in [0, 0.1) is 11.8 Å². The van der Waals surface area contributed by atoms with Gasteiger partial charge in [-0.25, -0.2) is 43.9 Å². The van der Waals surface area contributed by atoms with Gasteiger partial charge < -0.3 is 52.1 Å². The summed E-state index contributed by atoms with van der Waals surface area (Å²) in [6.07, 6.45) is -6.40. The van der Waals surface area contributed by atoms with E-state index in [1.54, 1.807) is 34.6 Å². The van der Waals surface area contributed by atoms with Crippen LogP contribution in [-0.4, -0.2) is 194 Å². The minimum absolute atomic E-state index is 0.0136. The van der Waals surface area contributed by atoms with Gasteiger partial charge in [-0.15, -0.1) is 0 Å². The van der Waals surface area contributed by atoms with E-state index in [2.05, 4.69) is 44.1 Å². The molecule has 4 unspecified atom stereocenters. The Bertz CT molecular complexity index is 1610. The van der Waals surface area contributed by atoms with Gasteiger partial charge in [0.15, 0.2) is 6.10 Å². The number of rotatable bonds is 29. The summed E-state index contributed by atoms with van der Waals surface area (Å²) in [4.78, 5) is 0. The highest BCUT2D eigenvalue weighted by Gasteiger charge is 2.56. The van der Waals surface area contributed by atoms with Gasteiger partial charge in [0.25, 0.3) is 17.8 Å². The van der Waals surface area contributed by atoms with Gasteiger partial charge in [0.1, 0.15) is 31.3 Å². The minimum atomic E-state index is -4.23. The monoisotopic (exact) mass is 1440 g/mol. The topological polar surface area (TPSA) is 102 Å². The normalized spacial score (nSPS) is 18.8. The molecule has 0 amide bonds. The van der Waals surface area contributed by atoms with Crippen LogP contribution < -0.4 is 0 Å². The summed E-state index contributed by atoms with van der Waals surface area (Å²) in [6, 6.07) is 0. The Balaban J connectivity index is -0.000000182.